The van der Waals surface area contributed by atoms with Gasteiger partial charge in [0.25, 0.3) is 0 Å². The van der Waals surface area contributed by atoms with Crippen LogP contribution in [0, 0.1) is 12.0 Å². The molecule has 0 aliphatic carbocycles. The highest BCUT2D eigenvalue weighted by atomic mass is 16.5. The molecule has 0 heterocycles. The van der Waals surface area contributed by atoms with E-state index < -0.39 is 31.0 Å². The molecule has 6 nitrogen and oxygen atoms in total. The van der Waals surface area contributed by atoms with Crippen LogP contribution in [-0.4, -0.2) is 57.7 Å². The lowest BCUT2D eigenvalue weighted by molar-refractivity contribution is -0.136. The third-order valence-electron chi connectivity index (χ3n) is 1.66. The van der Waals surface area contributed by atoms with Gasteiger partial charge in [-0.2, -0.15) is 0 Å². The molecule has 0 saturated heterocycles. The fourth-order valence-corrected chi connectivity index (χ4v) is 0.856. The summed E-state index contributed by atoms with van der Waals surface area (Å²) in [6.07, 6.45) is -4.26. The van der Waals surface area contributed by atoms with Crippen molar-refractivity contribution in [1.29, 1.82) is 0 Å². The zero-order chi connectivity index (χ0) is 12.6. The van der Waals surface area contributed by atoms with Crippen molar-refractivity contribution in [3.63, 3.8) is 0 Å². The van der Waals surface area contributed by atoms with Gasteiger partial charge in [-0.25, -0.2) is 0 Å². The molecule has 0 aliphatic rings. The van der Waals surface area contributed by atoms with Gasteiger partial charge in [-0.1, -0.05) is 5.92 Å². The molecule has 0 saturated carbocycles. The average Bonchev–Trinajstić information content (AvgIpc) is 2.32. The zero-order valence-corrected chi connectivity index (χ0v) is 7.91. The predicted molar refractivity (Wildman–Crippen MR) is 49.5 cm³/mol. The smallest absolute Gasteiger partial charge is 0.171 e. The number of ether oxygens (including phenoxy) is 1. The number of hydrogen-bond donors (Lipinski definition) is 4. The molecule has 4 N–H and O–H groups in total. The molecule has 0 fully saturated rings. The van der Waals surface area contributed by atoms with E-state index in [-0.39, 0.29) is 13.2 Å². The standard InChI is InChI=1S/C9H14O6/c1-2-3-15-9(7(13)5-11)8(14)6(12)4-10/h5-10,12-14H,4H2,1H3/t6-,7+,8-,9-/m1/s1/i1D. The second-order valence-corrected chi connectivity index (χ2v) is 2.73. The SMILES string of the molecule is [2H]CC#CO[C@@H]([C@H](O)[C@H](O)CO)[C@@H](O)C=O. The molecule has 0 bridgehead atoms. The van der Waals surface area contributed by atoms with Crippen molar-refractivity contribution >= 4 is 6.29 Å². The molecule has 0 spiro atoms. The summed E-state index contributed by atoms with van der Waals surface area (Å²) in [5.74, 6) is 2.18. The van der Waals surface area contributed by atoms with Gasteiger partial charge in [0.1, 0.15) is 24.4 Å². The van der Waals surface area contributed by atoms with Crippen LogP contribution in [-0.2, 0) is 9.53 Å². The summed E-state index contributed by atoms with van der Waals surface area (Å²) in [4.78, 5) is 10.3. The maximum atomic E-state index is 10.3. The molecule has 0 radical (unpaired) electrons. The quantitative estimate of drug-likeness (QED) is 0.294. The van der Waals surface area contributed by atoms with Crippen LogP contribution in [0.5, 0.6) is 0 Å². The largest absolute Gasteiger partial charge is 0.437 e. The van der Waals surface area contributed by atoms with E-state index in [1.165, 1.54) is 0 Å². The fraction of sp³-hybridized carbons (Fsp3) is 0.667. The van der Waals surface area contributed by atoms with E-state index in [2.05, 4.69) is 10.7 Å². The molecule has 0 aromatic rings. The topological polar surface area (TPSA) is 107 Å². The minimum atomic E-state index is -1.68. The Bertz CT molecular complexity index is 260. The van der Waals surface area contributed by atoms with E-state index in [4.69, 9.17) is 11.6 Å². The Morgan fingerprint density at radius 2 is 2.20 bits per heavy atom. The molecule has 0 aromatic heterocycles. The van der Waals surface area contributed by atoms with Crippen LogP contribution in [0.3, 0.4) is 0 Å². The predicted octanol–water partition coefficient (Wildman–Crippen LogP) is -2.37. The van der Waals surface area contributed by atoms with Gasteiger partial charge in [0.15, 0.2) is 12.4 Å². The van der Waals surface area contributed by atoms with E-state index >= 15 is 0 Å². The van der Waals surface area contributed by atoms with E-state index in [1.54, 1.807) is 0 Å². The zero-order valence-electron chi connectivity index (χ0n) is 8.91. The number of hydrogen-bond acceptors (Lipinski definition) is 6. The van der Waals surface area contributed by atoms with Crippen molar-refractivity contribution < 1.29 is 31.3 Å². The van der Waals surface area contributed by atoms with Crippen LogP contribution in [0.1, 0.15) is 8.27 Å². The lowest BCUT2D eigenvalue weighted by atomic mass is 10.0. The molecule has 6 heteroatoms. The molecule has 0 aromatic carbocycles. The first-order chi connectivity index (χ1) is 7.58. The van der Waals surface area contributed by atoms with Gasteiger partial charge in [-0.15, -0.1) is 0 Å². The van der Waals surface area contributed by atoms with Gasteiger partial charge in [0.05, 0.1) is 6.61 Å². The van der Waals surface area contributed by atoms with Crippen LogP contribution in [0.4, 0.5) is 0 Å². The Morgan fingerprint density at radius 1 is 1.53 bits per heavy atom. The van der Waals surface area contributed by atoms with Crippen LogP contribution in [0.15, 0.2) is 0 Å². The first kappa shape index (κ1) is 11.9. The Balaban J connectivity index is 4.58. The van der Waals surface area contributed by atoms with E-state index in [1.807, 2.05) is 6.11 Å². The molecular formula is C9H14O6. The van der Waals surface area contributed by atoms with Crippen LogP contribution in [0.25, 0.3) is 0 Å². The van der Waals surface area contributed by atoms with Gasteiger partial charge in [0.2, 0.25) is 0 Å². The van der Waals surface area contributed by atoms with Crippen molar-refractivity contribution in [2.45, 2.75) is 31.3 Å². The third kappa shape index (κ3) is 4.27. The number of aliphatic hydroxyl groups is 4. The summed E-state index contributed by atoms with van der Waals surface area (Å²) in [5, 5.41) is 36.3. The third-order valence-corrected chi connectivity index (χ3v) is 1.66. The lowest BCUT2D eigenvalue weighted by Crippen LogP contribution is -2.47. The highest BCUT2D eigenvalue weighted by Crippen LogP contribution is 2.08. The van der Waals surface area contributed by atoms with Crippen molar-refractivity contribution in [3.05, 3.63) is 0 Å². The second-order valence-electron chi connectivity index (χ2n) is 2.73. The first-order valence-electron chi connectivity index (χ1n) is 4.82. The van der Waals surface area contributed by atoms with Gasteiger partial charge < -0.3 is 30.0 Å². The number of aldehydes is 1. The molecule has 15 heavy (non-hydrogen) atoms. The Hall–Kier alpha value is -1.13. The molecule has 4 atom stereocenters. The number of carbonyl (C=O) groups excluding carboxylic acids is 1. The van der Waals surface area contributed by atoms with E-state index in [9.17, 15) is 15.0 Å². The van der Waals surface area contributed by atoms with Crippen LogP contribution < -0.4 is 0 Å². The van der Waals surface area contributed by atoms with Crippen LogP contribution in [0.2, 0.25) is 0 Å². The lowest BCUT2D eigenvalue weighted by Gasteiger charge is -2.25. The summed E-state index contributed by atoms with van der Waals surface area (Å²) in [5.41, 5.74) is 0. The van der Waals surface area contributed by atoms with Crippen LogP contribution >= 0.6 is 0 Å². The molecule has 0 aliphatic heterocycles. The number of carbonyl (C=O) groups is 1. The Labute approximate surface area is 88.5 Å². The van der Waals surface area contributed by atoms with Crippen molar-refractivity contribution in [3.8, 4) is 12.0 Å². The summed E-state index contributed by atoms with van der Waals surface area (Å²) in [6.45, 7) is -0.999. The summed E-state index contributed by atoms with van der Waals surface area (Å²) in [6, 6.07) is 0. The summed E-state index contributed by atoms with van der Waals surface area (Å²) < 4.78 is 11.3. The second kappa shape index (κ2) is 7.20. The number of aliphatic hydroxyl groups excluding tert-OH is 4. The summed E-state index contributed by atoms with van der Waals surface area (Å²) >= 11 is 0. The first-order valence-corrected chi connectivity index (χ1v) is 4.11. The maximum absolute atomic E-state index is 10.3. The molecular weight excluding hydrogens is 204 g/mol. The summed E-state index contributed by atoms with van der Waals surface area (Å²) in [7, 11) is 0. The van der Waals surface area contributed by atoms with Gasteiger partial charge in [0, 0.05) is 8.27 Å². The molecule has 0 amide bonds. The molecule has 86 valence electrons. The molecule has 0 unspecified atom stereocenters. The Kier molecular flexibility index (Phi) is 5.73. The highest BCUT2D eigenvalue weighted by Gasteiger charge is 2.33. The van der Waals surface area contributed by atoms with E-state index in [0.29, 0.717) is 0 Å². The van der Waals surface area contributed by atoms with Gasteiger partial charge >= 0.3 is 0 Å². The number of rotatable bonds is 6. The average molecular weight is 219 g/mol. The maximum Gasteiger partial charge on any atom is 0.171 e. The van der Waals surface area contributed by atoms with Crippen molar-refractivity contribution in [1.82, 2.24) is 0 Å². The van der Waals surface area contributed by atoms with Gasteiger partial charge in [-0.3, -0.25) is 0 Å². The Morgan fingerprint density at radius 3 is 2.67 bits per heavy atom. The monoisotopic (exact) mass is 219 g/mol. The van der Waals surface area contributed by atoms with Gasteiger partial charge in [-0.05, 0) is 0 Å². The fourth-order valence-electron chi connectivity index (χ4n) is 0.856. The minimum absolute atomic E-state index is 0.111. The van der Waals surface area contributed by atoms with Crippen molar-refractivity contribution in [2.75, 3.05) is 6.61 Å². The molecule has 0 rings (SSSR count). The van der Waals surface area contributed by atoms with Crippen molar-refractivity contribution in [2.24, 2.45) is 0 Å². The minimum Gasteiger partial charge on any atom is -0.437 e. The normalized spacial score (nSPS) is 18.8. The highest BCUT2D eigenvalue weighted by molar-refractivity contribution is 5.56. The van der Waals surface area contributed by atoms with E-state index in [0.717, 1.165) is 0 Å².